The highest BCUT2D eigenvalue weighted by molar-refractivity contribution is 5.73. The lowest BCUT2D eigenvalue weighted by atomic mass is 10.1. The van der Waals surface area contributed by atoms with Crippen molar-refractivity contribution in [2.24, 2.45) is 0 Å². The highest BCUT2D eigenvalue weighted by Crippen LogP contribution is 2.28. The van der Waals surface area contributed by atoms with Gasteiger partial charge in [-0.1, -0.05) is 18.2 Å². The minimum absolute atomic E-state index is 0.551. The minimum atomic E-state index is 0.551. The van der Waals surface area contributed by atoms with Crippen LogP contribution >= 0.6 is 0 Å². The number of aryl methyl sites for hydroxylation is 1. The zero-order valence-electron chi connectivity index (χ0n) is 11.0. The van der Waals surface area contributed by atoms with E-state index in [4.69, 9.17) is 10.5 Å². The summed E-state index contributed by atoms with van der Waals surface area (Å²) in [5.74, 6) is 1.31. The first-order valence-electron chi connectivity index (χ1n) is 6.24. The number of pyridine rings is 1. The molecule has 0 saturated heterocycles. The zero-order valence-corrected chi connectivity index (χ0v) is 11.0. The van der Waals surface area contributed by atoms with Gasteiger partial charge in [0.1, 0.15) is 5.75 Å². The Hall–Kier alpha value is -2.82. The molecule has 0 spiro atoms. The van der Waals surface area contributed by atoms with Crippen LogP contribution in [-0.4, -0.2) is 15.2 Å². The second-order valence-electron chi connectivity index (χ2n) is 4.40. The number of nitrogen functional groups attached to an aromatic ring is 1. The number of aromatic amines is 1. The molecule has 0 atom stereocenters. The molecular formula is C15H14N4O. The standard InChI is InChI=1S/C15H14N4O/c1-10-12(15-13(16)9-17-19-15)7-8-14(18-10)20-11-5-3-2-4-6-11/h2-9H,16H2,1H3,(H,17,19). The maximum absolute atomic E-state index is 5.85. The van der Waals surface area contributed by atoms with Gasteiger partial charge in [-0.3, -0.25) is 5.10 Å². The second-order valence-corrected chi connectivity index (χ2v) is 4.40. The largest absolute Gasteiger partial charge is 0.439 e. The fraction of sp³-hybridized carbons (Fsp3) is 0.0667. The van der Waals surface area contributed by atoms with E-state index in [0.717, 1.165) is 22.7 Å². The summed E-state index contributed by atoms with van der Waals surface area (Å²) in [6, 6.07) is 13.3. The Labute approximate surface area is 116 Å². The Morgan fingerprint density at radius 2 is 1.90 bits per heavy atom. The number of nitrogens with zero attached hydrogens (tertiary/aromatic N) is 2. The summed E-state index contributed by atoms with van der Waals surface area (Å²) >= 11 is 0. The fourth-order valence-corrected chi connectivity index (χ4v) is 1.98. The molecule has 2 heterocycles. The summed E-state index contributed by atoms with van der Waals surface area (Å²) in [4.78, 5) is 4.44. The number of rotatable bonds is 3. The first kappa shape index (κ1) is 12.2. The molecule has 5 heteroatoms. The second kappa shape index (κ2) is 5.05. The Morgan fingerprint density at radius 1 is 1.10 bits per heavy atom. The average Bonchev–Trinajstić information content (AvgIpc) is 2.86. The third-order valence-electron chi connectivity index (χ3n) is 2.96. The van der Waals surface area contributed by atoms with Crippen LogP contribution < -0.4 is 10.5 Å². The number of para-hydroxylation sites is 1. The van der Waals surface area contributed by atoms with Crippen molar-refractivity contribution in [3.8, 4) is 22.9 Å². The monoisotopic (exact) mass is 266 g/mol. The third-order valence-corrected chi connectivity index (χ3v) is 2.96. The summed E-state index contributed by atoms with van der Waals surface area (Å²) in [5, 5.41) is 6.80. The number of ether oxygens (including phenoxy) is 1. The van der Waals surface area contributed by atoms with Crippen LogP contribution in [0.2, 0.25) is 0 Å². The van der Waals surface area contributed by atoms with E-state index < -0.39 is 0 Å². The molecule has 0 radical (unpaired) electrons. The van der Waals surface area contributed by atoms with Crippen LogP contribution in [0.1, 0.15) is 5.69 Å². The maximum atomic E-state index is 5.85. The first-order chi connectivity index (χ1) is 9.74. The molecule has 0 fully saturated rings. The summed E-state index contributed by atoms with van der Waals surface area (Å²) < 4.78 is 5.69. The molecule has 0 aliphatic carbocycles. The van der Waals surface area contributed by atoms with E-state index >= 15 is 0 Å². The highest BCUT2D eigenvalue weighted by Gasteiger charge is 2.10. The number of nitrogens with one attached hydrogen (secondary N) is 1. The van der Waals surface area contributed by atoms with Crippen LogP contribution in [0, 0.1) is 6.92 Å². The van der Waals surface area contributed by atoms with Crippen molar-refractivity contribution in [3.05, 3.63) is 54.4 Å². The predicted octanol–water partition coefficient (Wildman–Crippen LogP) is 3.15. The number of benzene rings is 1. The van der Waals surface area contributed by atoms with Crippen molar-refractivity contribution < 1.29 is 4.74 Å². The van der Waals surface area contributed by atoms with Gasteiger partial charge in [0.25, 0.3) is 0 Å². The normalized spacial score (nSPS) is 10.4. The van der Waals surface area contributed by atoms with Crippen LogP contribution in [0.25, 0.3) is 11.3 Å². The number of aromatic nitrogens is 3. The molecular weight excluding hydrogens is 252 g/mol. The Morgan fingerprint density at radius 3 is 2.55 bits per heavy atom. The van der Waals surface area contributed by atoms with Gasteiger partial charge in [-0.2, -0.15) is 5.10 Å². The van der Waals surface area contributed by atoms with Gasteiger partial charge in [-0.05, 0) is 25.1 Å². The Kier molecular flexibility index (Phi) is 3.09. The summed E-state index contributed by atoms with van der Waals surface area (Å²) in [7, 11) is 0. The molecule has 0 aliphatic heterocycles. The molecule has 20 heavy (non-hydrogen) atoms. The molecule has 5 nitrogen and oxygen atoms in total. The summed E-state index contributed by atoms with van der Waals surface area (Å²) in [5.41, 5.74) is 8.98. The average molecular weight is 266 g/mol. The molecule has 2 aromatic heterocycles. The van der Waals surface area contributed by atoms with Gasteiger partial charge in [0.2, 0.25) is 5.88 Å². The van der Waals surface area contributed by atoms with E-state index in [2.05, 4.69) is 15.2 Å². The summed E-state index contributed by atoms with van der Waals surface area (Å²) in [6.45, 7) is 1.91. The minimum Gasteiger partial charge on any atom is -0.439 e. The first-order valence-corrected chi connectivity index (χ1v) is 6.24. The molecule has 0 bridgehead atoms. The maximum Gasteiger partial charge on any atom is 0.219 e. The number of anilines is 1. The summed E-state index contributed by atoms with van der Waals surface area (Å²) in [6.07, 6.45) is 1.59. The lowest BCUT2D eigenvalue weighted by Crippen LogP contribution is -1.94. The molecule has 0 unspecified atom stereocenters. The van der Waals surface area contributed by atoms with Crippen LogP contribution in [0.3, 0.4) is 0 Å². The molecule has 100 valence electrons. The van der Waals surface area contributed by atoms with E-state index in [1.54, 1.807) is 6.20 Å². The quantitative estimate of drug-likeness (QED) is 0.763. The van der Waals surface area contributed by atoms with E-state index in [1.807, 2.05) is 49.4 Å². The lowest BCUT2D eigenvalue weighted by Gasteiger charge is -2.08. The number of hydrogen-bond donors (Lipinski definition) is 2. The van der Waals surface area contributed by atoms with E-state index in [-0.39, 0.29) is 0 Å². The van der Waals surface area contributed by atoms with Gasteiger partial charge >= 0.3 is 0 Å². The molecule has 0 aliphatic rings. The van der Waals surface area contributed by atoms with Gasteiger partial charge in [0, 0.05) is 11.6 Å². The highest BCUT2D eigenvalue weighted by atomic mass is 16.5. The molecule has 1 aromatic carbocycles. The van der Waals surface area contributed by atoms with Crippen molar-refractivity contribution in [1.29, 1.82) is 0 Å². The topological polar surface area (TPSA) is 76.8 Å². The van der Waals surface area contributed by atoms with Crippen molar-refractivity contribution in [2.75, 3.05) is 5.73 Å². The van der Waals surface area contributed by atoms with Crippen molar-refractivity contribution in [1.82, 2.24) is 15.2 Å². The number of hydrogen-bond acceptors (Lipinski definition) is 4. The third kappa shape index (κ3) is 2.33. The van der Waals surface area contributed by atoms with E-state index in [1.165, 1.54) is 0 Å². The molecule has 0 saturated carbocycles. The Bertz CT molecular complexity index is 722. The van der Waals surface area contributed by atoms with Gasteiger partial charge < -0.3 is 10.5 Å². The fourth-order valence-electron chi connectivity index (χ4n) is 1.98. The molecule has 0 amide bonds. The van der Waals surface area contributed by atoms with E-state index in [9.17, 15) is 0 Å². The molecule has 3 rings (SSSR count). The van der Waals surface area contributed by atoms with Crippen LogP contribution in [0.4, 0.5) is 5.69 Å². The van der Waals surface area contributed by atoms with Crippen LogP contribution in [-0.2, 0) is 0 Å². The number of H-pyrrole nitrogens is 1. The smallest absolute Gasteiger partial charge is 0.219 e. The Balaban J connectivity index is 1.90. The molecule has 3 aromatic rings. The lowest BCUT2D eigenvalue weighted by molar-refractivity contribution is 0.462. The predicted molar refractivity (Wildman–Crippen MR) is 77.5 cm³/mol. The molecule has 3 N–H and O–H groups in total. The van der Waals surface area contributed by atoms with Crippen molar-refractivity contribution in [2.45, 2.75) is 6.92 Å². The SMILES string of the molecule is Cc1nc(Oc2ccccc2)ccc1-c1[nH]ncc1N. The van der Waals surface area contributed by atoms with Gasteiger partial charge in [-0.25, -0.2) is 4.98 Å². The van der Waals surface area contributed by atoms with Gasteiger partial charge in [-0.15, -0.1) is 0 Å². The van der Waals surface area contributed by atoms with Crippen LogP contribution in [0.5, 0.6) is 11.6 Å². The van der Waals surface area contributed by atoms with Crippen molar-refractivity contribution >= 4 is 5.69 Å². The van der Waals surface area contributed by atoms with Crippen LogP contribution in [0.15, 0.2) is 48.7 Å². The van der Waals surface area contributed by atoms with Crippen molar-refractivity contribution in [3.63, 3.8) is 0 Å². The number of nitrogens with two attached hydrogens (primary N) is 1. The van der Waals surface area contributed by atoms with Gasteiger partial charge in [0.15, 0.2) is 0 Å². The zero-order chi connectivity index (χ0) is 13.9. The van der Waals surface area contributed by atoms with E-state index in [0.29, 0.717) is 11.6 Å². The van der Waals surface area contributed by atoms with Gasteiger partial charge in [0.05, 0.1) is 23.3 Å².